The summed E-state index contributed by atoms with van der Waals surface area (Å²) < 4.78 is 5.36. The van der Waals surface area contributed by atoms with Crippen molar-refractivity contribution in [1.29, 1.82) is 0 Å². The van der Waals surface area contributed by atoms with E-state index in [0.29, 0.717) is 0 Å². The van der Waals surface area contributed by atoms with Crippen molar-refractivity contribution < 1.29 is 9.53 Å². The monoisotopic (exact) mass is 224 g/mol. The van der Waals surface area contributed by atoms with Crippen LogP contribution in [0.1, 0.15) is 26.2 Å². The van der Waals surface area contributed by atoms with Gasteiger partial charge in [0.05, 0.1) is 18.7 Å². The van der Waals surface area contributed by atoms with E-state index in [1.165, 1.54) is 0 Å². The van der Waals surface area contributed by atoms with Crippen molar-refractivity contribution in [1.82, 2.24) is 10.6 Å². The molecule has 0 saturated heterocycles. The first-order valence-electron chi connectivity index (χ1n) is 5.69. The summed E-state index contributed by atoms with van der Waals surface area (Å²) in [6.07, 6.45) is 8.57. The topological polar surface area (TPSA) is 50.4 Å². The largest absolute Gasteiger partial charge is 0.380 e. The van der Waals surface area contributed by atoms with Crippen LogP contribution in [0.15, 0.2) is 0 Å². The molecule has 3 atom stereocenters. The first-order valence-corrected chi connectivity index (χ1v) is 5.69. The van der Waals surface area contributed by atoms with Crippen LogP contribution in [0.4, 0.5) is 0 Å². The van der Waals surface area contributed by atoms with Crippen molar-refractivity contribution in [3.63, 3.8) is 0 Å². The van der Waals surface area contributed by atoms with Gasteiger partial charge in [-0.1, -0.05) is 5.92 Å². The lowest BCUT2D eigenvalue weighted by Gasteiger charge is -2.23. The Kier molecular flexibility index (Phi) is 5.30. The summed E-state index contributed by atoms with van der Waals surface area (Å²) in [7, 11) is 1.72. The Morgan fingerprint density at radius 1 is 1.62 bits per heavy atom. The number of hydrogen-bond acceptors (Lipinski definition) is 3. The molecular weight excluding hydrogens is 204 g/mol. The third kappa shape index (κ3) is 3.51. The quantitative estimate of drug-likeness (QED) is 0.660. The molecule has 16 heavy (non-hydrogen) atoms. The Morgan fingerprint density at radius 3 is 3.00 bits per heavy atom. The van der Waals surface area contributed by atoms with Crippen LogP contribution in [-0.4, -0.2) is 37.7 Å². The second-order valence-corrected chi connectivity index (χ2v) is 4.12. The number of amides is 1. The van der Waals surface area contributed by atoms with Gasteiger partial charge in [-0.2, -0.15) is 0 Å². The fourth-order valence-corrected chi connectivity index (χ4v) is 2.09. The fourth-order valence-electron chi connectivity index (χ4n) is 2.09. The molecule has 0 radical (unpaired) electrons. The number of carbonyl (C=O) groups excluding carboxylic acids is 1. The molecule has 2 N–H and O–H groups in total. The Balaban J connectivity index is 2.35. The van der Waals surface area contributed by atoms with Crippen LogP contribution < -0.4 is 10.6 Å². The van der Waals surface area contributed by atoms with E-state index >= 15 is 0 Å². The van der Waals surface area contributed by atoms with Crippen LogP contribution in [0.3, 0.4) is 0 Å². The molecule has 0 aromatic rings. The maximum Gasteiger partial charge on any atom is 0.237 e. The molecule has 0 aromatic heterocycles. The lowest BCUT2D eigenvalue weighted by Crippen LogP contribution is -2.49. The first-order chi connectivity index (χ1) is 7.69. The van der Waals surface area contributed by atoms with E-state index in [4.69, 9.17) is 11.2 Å². The van der Waals surface area contributed by atoms with Crippen molar-refractivity contribution in [2.75, 3.05) is 13.7 Å². The Bertz CT molecular complexity index is 273. The third-order valence-electron chi connectivity index (χ3n) is 2.98. The van der Waals surface area contributed by atoms with E-state index in [0.717, 1.165) is 19.3 Å². The third-order valence-corrected chi connectivity index (χ3v) is 2.98. The van der Waals surface area contributed by atoms with Crippen molar-refractivity contribution in [2.24, 2.45) is 0 Å². The first kappa shape index (κ1) is 13.0. The lowest BCUT2D eigenvalue weighted by molar-refractivity contribution is -0.122. The van der Waals surface area contributed by atoms with E-state index in [2.05, 4.69) is 16.6 Å². The number of hydrogen-bond donors (Lipinski definition) is 2. The van der Waals surface area contributed by atoms with Gasteiger partial charge >= 0.3 is 0 Å². The van der Waals surface area contributed by atoms with Crippen molar-refractivity contribution in [3.8, 4) is 12.3 Å². The normalized spacial score (nSPS) is 26.1. The summed E-state index contributed by atoms with van der Waals surface area (Å²) in [5.41, 5.74) is 0. The summed E-state index contributed by atoms with van der Waals surface area (Å²) >= 11 is 0. The summed E-state index contributed by atoms with van der Waals surface area (Å²) in [6.45, 7) is 2.13. The second kappa shape index (κ2) is 6.51. The van der Waals surface area contributed by atoms with Gasteiger partial charge in [-0.05, 0) is 26.2 Å². The molecule has 0 aromatic carbocycles. The van der Waals surface area contributed by atoms with Gasteiger partial charge < -0.3 is 15.4 Å². The summed E-state index contributed by atoms with van der Waals surface area (Å²) in [4.78, 5) is 11.6. The van der Waals surface area contributed by atoms with E-state index in [1.54, 1.807) is 7.11 Å². The molecule has 90 valence electrons. The summed E-state index contributed by atoms with van der Waals surface area (Å²) in [5, 5.41) is 5.94. The standard InChI is InChI=1S/C12H20N2O2/c1-4-8-13-12(15)9(2)14-10-6-5-7-11(10)16-3/h1,9-11,14H,5-8H2,2-3H3,(H,13,15). The van der Waals surface area contributed by atoms with Gasteiger partial charge in [0.2, 0.25) is 5.91 Å². The van der Waals surface area contributed by atoms with Crippen LogP contribution in [-0.2, 0) is 9.53 Å². The van der Waals surface area contributed by atoms with Crippen LogP contribution >= 0.6 is 0 Å². The highest BCUT2D eigenvalue weighted by atomic mass is 16.5. The van der Waals surface area contributed by atoms with Crippen molar-refractivity contribution >= 4 is 5.91 Å². The zero-order valence-electron chi connectivity index (χ0n) is 9.95. The van der Waals surface area contributed by atoms with Crippen LogP contribution in [0.2, 0.25) is 0 Å². The molecule has 0 heterocycles. The van der Waals surface area contributed by atoms with Crippen LogP contribution in [0.5, 0.6) is 0 Å². The van der Waals surface area contributed by atoms with Gasteiger partial charge in [0, 0.05) is 13.2 Å². The summed E-state index contributed by atoms with van der Waals surface area (Å²) in [5.74, 6) is 2.33. The van der Waals surface area contributed by atoms with Crippen molar-refractivity contribution in [2.45, 2.75) is 44.4 Å². The minimum atomic E-state index is -0.228. The molecule has 4 heteroatoms. The number of terminal acetylenes is 1. The predicted molar refractivity (Wildman–Crippen MR) is 62.9 cm³/mol. The van der Waals surface area contributed by atoms with E-state index in [-0.39, 0.29) is 30.6 Å². The smallest absolute Gasteiger partial charge is 0.237 e. The fraction of sp³-hybridized carbons (Fsp3) is 0.750. The zero-order chi connectivity index (χ0) is 12.0. The number of carbonyl (C=O) groups is 1. The highest BCUT2D eigenvalue weighted by molar-refractivity contribution is 5.81. The maximum atomic E-state index is 11.6. The summed E-state index contributed by atoms with van der Waals surface area (Å²) in [6, 6.07) is 0.0469. The second-order valence-electron chi connectivity index (χ2n) is 4.12. The van der Waals surface area contributed by atoms with Crippen LogP contribution in [0.25, 0.3) is 0 Å². The highest BCUT2D eigenvalue weighted by Crippen LogP contribution is 2.21. The molecule has 0 aliphatic heterocycles. The van der Waals surface area contributed by atoms with E-state index in [9.17, 15) is 4.79 Å². The average Bonchev–Trinajstić information content (AvgIpc) is 2.72. The van der Waals surface area contributed by atoms with E-state index < -0.39 is 0 Å². The SMILES string of the molecule is C#CCNC(=O)C(C)NC1CCCC1OC. The number of nitrogens with one attached hydrogen (secondary N) is 2. The molecule has 0 bridgehead atoms. The molecular formula is C12H20N2O2. The van der Waals surface area contributed by atoms with Gasteiger partial charge in [0.15, 0.2) is 0 Å². The predicted octanol–water partition coefficient (Wildman–Crippen LogP) is 0.281. The van der Waals surface area contributed by atoms with Gasteiger partial charge in [-0.15, -0.1) is 6.42 Å². The molecule has 1 saturated carbocycles. The molecule has 1 aliphatic carbocycles. The van der Waals surface area contributed by atoms with Gasteiger partial charge in [-0.25, -0.2) is 0 Å². The molecule has 1 aliphatic rings. The number of ether oxygens (including phenoxy) is 1. The van der Waals surface area contributed by atoms with E-state index in [1.807, 2.05) is 6.92 Å². The van der Waals surface area contributed by atoms with Crippen molar-refractivity contribution in [3.05, 3.63) is 0 Å². The number of rotatable bonds is 5. The Morgan fingerprint density at radius 2 is 2.38 bits per heavy atom. The Labute approximate surface area is 97.1 Å². The molecule has 0 spiro atoms. The van der Waals surface area contributed by atoms with Gasteiger partial charge in [-0.3, -0.25) is 4.79 Å². The average molecular weight is 224 g/mol. The minimum absolute atomic E-state index is 0.0558. The molecule has 1 amide bonds. The molecule has 1 rings (SSSR count). The van der Waals surface area contributed by atoms with Crippen LogP contribution in [0, 0.1) is 12.3 Å². The Hall–Kier alpha value is -1.05. The van der Waals surface area contributed by atoms with Gasteiger partial charge in [0.1, 0.15) is 0 Å². The minimum Gasteiger partial charge on any atom is -0.380 e. The van der Waals surface area contributed by atoms with Gasteiger partial charge in [0.25, 0.3) is 0 Å². The highest BCUT2D eigenvalue weighted by Gasteiger charge is 2.29. The zero-order valence-corrected chi connectivity index (χ0v) is 9.95. The lowest BCUT2D eigenvalue weighted by atomic mass is 10.1. The molecule has 4 nitrogen and oxygen atoms in total. The maximum absolute atomic E-state index is 11.6. The molecule has 3 unspecified atom stereocenters. The number of methoxy groups -OCH3 is 1. The molecule has 1 fully saturated rings.